The zero-order valence-corrected chi connectivity index (χ0v) is 12.7. The average Bonchev–Trinajstić information content (AvgIpc) is 2.37. The number of aliphatic hydroxyl groups is 4. The highest BCUT2D eigenvalue weighted by Gasteiger charge is 2.79. The van der Waals surface area contributed by atoms with Crippen molar-refractivity contribution in [2.24, 2.45) is 5.41 Å². The number of nitrogens with one attached hydrogen (secondary N) is 1. The quantitative estimate of drug-likeness (QED) is 0.279. The van der Waals surface area contributed by atoms with Gasteiger partial charge < -0.3 is 35.2 Å². The van der Waals surface area contributed by atoms with Crippen molar-refractivity contribution in [3.05, 3.63) is 0 Å². The van der Waals surface area contributed by atoms with Gasteiger partial charge in [-0.2, -0.15) is 0 Å². The van der Waals surface area contributed by atoms with Crippen LogP contribution in [-0.4, -0.2) is 68.2 Å². The molecule has 9 nitrogen and oxygen atoms in total. The molecule has 2 unspecified atom stereocenters. The van der Waals surface area contributed by atoms with E-state index in [1.54, 1.807) is 0 Å². The summed E-state index contributed by atoms with van der Waals surface area (Å²) < 4.78 is 10.1. The van der Waals surface area contributed by atoms with Crippen molar-refractivity contribution in [1.29, 1.82) is 0 Å². The molecule has 9 heteroatoms. The summed E-state index contributed by atoms with van der Waals surface area (Å²) in [4.78, 5) is 22.7. The van der Waals surface area contributed by atoms with Crippen molar-refractivity contribution in [1.82, 2.24) is 5.32 Å². The minimum atomic E-state index is -2.56. The van der Waals surface area contributed by atoms with E-state index in [2.05, 4.69) is 0 Å². The maximum absolute atomic E-state index is 11.4. The molecule has 0 spiro atoms. The monoisotopic (exact) mass is 319 g/mol. The third-order valence-electron chi connectivity index (χ3n) is 4.60. The number of carbonyl (C=O) groups excluding carboxylic acids is 2. The van der Waals surface area contributed by atoms with Crippen LogP contribution in [0.3, 0.4) is 0 Å². The Morgan fingerprint density at radius 3 is 2.18 bits per heavy atom. The van der Waals surface area contributed by atoms with Crippen molar-refractivity contribution in [3.8, 4) is 0 Å². The van der Waals surface area contributed by atoms with Gasteiger partial charge in [0, 0.05) is 19.3 Å². The number of hydrogen-bond donors (Lipinski definition) is 5. The topological polar surface area (TPSA) is 146 Å². The van der Waals surface area contributed by atoms with Crippen LogP contribution in [0.2, 0.25) is 0 Å². The highest BCUT2D eigenvalue weighted by molar-refractivity contribution is 5.74. The molecule has 6 atom stereocenters. The van der Waals surface area contributed by atoms with Gasteiger partial charge in [0.25, 0.3) is 0 Å². The van der Waals surface area contributed by atoms with Crippen LogP contribution in [0, 0.1) is 5.41 Å². The van der Waals surface area contributed by atoms with Crippen LogP contribution in [-0.2, 0) is 19.1 Å². The van der Waals surface area contributed by atoms with Crippen LogP contribution in [0.15, 0.2) is 0 Å². The lowest BCUT2D eigenvalue weighted by molar-refractivity contribution is -0.441. The van der Waals surface area contributed by atoms with E-state index in [1.165, 1.54) is 13.8 Å². The van der Waals surface area contributed by atoms with Gasteiger partial charge in [-0.1, -0.05) is 13.8 Å². The largest absolute Gasteiger partial charge is 0.454 e. The van der Waals surface area contributed by atoms with Gasteiger partial charge in [-0.15, -0.1) is 0 Å². The van der Waals surface area contributed by atoms with Crippen molar-refractivity contribution >= 4 is 11.9 Å². The number of fused-ring (bicyclic) bond motifs is 1. The van der Waals surface area contributed by atoms with Gasteiger partial charge in [0.05, 0.1) is 6.10 Å². The third kappa shape index (κ3) is 1.97. The van der Waals surface area contributed by atoms with Crippen molar-refractivity contribution < 1.29 is 39.5 Å². The Kier molecular flexibility index (Phi) is 3.78. The molecule has 0 aromatic carbocycles. The lowest BCUT2D eigenvalue weighted by atomic mass is 9.50. The Bertz CT molecular complexity index is 508. The summed E-state index contributed by atoms with van der Waals surface area (Å²) in [6.45, 7) is 5.10. The van der Waals surface area contributed by atoms with Crippen LogP contribution in [0.25, 0.3) is 0 Å². The molecule has 1 aliphatic heterocycles. The summed E-state index contributed by atoms with van der Waals surface area (Å²) >= 11 is 0. The Balaban J connectivity index is 2.51. The molecule has 5 N–H and O–H groups in total. The smallest absolute Gasteiger partial charge is 0.303 e. The van der Waals surface area contributed by atoms with Crippen LogP contribution in [0.4, 0.5) is 0 Å². The molecular formula is C13H21NO8. The molecule has 0 radical (unpaired) electrons. The summed E-state index contributed by atoms with van der Waals surface area (Å²) in [6, 6.07) is 0. The molecule has 2 rings (SSSR count). The number of rotatable bonds is 2. The first kappa shape index (κ1) is 17.1. The Labute approximate surface area is 126 Å². The van der Waals surface area contributed by atoms with Crippen molar-refractivity contribution in [2.45, 2.75) is 63.6 Å². The van der Waals surface area contributed by atoms with E-state index in [-0.39, 0.29) is 0 Å². The van der Waals surface area contributed by atoms with Crippen LogP contribution in [0.5, 0.6) is 0 Å². The molecule has 1 saturated heterocycles. The van der Waals surface area contributed by atoms with E-state index in [9.17, 15) is 30.0 Å². The summed E-state index contributed by atoms with van der Waals surface area (Å²) in [5.41, 5.74) is -5.78. The second-order valence-electron chi connectivity index (χ2n) is 6.40. The molecule has 1 aliphatic carbocycles. The number of carbonyl (C=O) groups is 2. The summed E-state index contributed by atoms with van der Waals surface area (Å²) in [5.74, 6) is -1.57. The summed E-state index contributed by atoms with van der Waals surface area (Å²) in [5, 5.41) is 43.6. The van der Waals surface area contributed by atoms with Gasteiger partial charge in [0.2, 0.25) is 17.9 Å². The molecule has 1 heterocycles. The second kappa shape index (κ2) is 4.87. The Hall–Kier alpha value is -1.26. The zero-order chi connectivity index (χ0) is 17.1. The highest BCUT2D eigenvalue weighted by atomic mass is 16.7. The van der Waals surface area contributed by atoms with Crippen molar-refractivity contribution in [2.75, 3.05) is 0 Å². The molecule has 2 aliphatic rings. The predicted octanol–water partition coefficient (Wildman–Crippen LogP) is -2.41. The minimum absolute atomic E-state index is 0.734. The molecule has 0 bridgehead atoms. The number of ether oxygens (including phenoxy) is 2. The predicted molar refractivity (Wildman–Crippen MR) is 69.9 cm³/mol. The normalized spacial score (nSPS) is 46.2. The summed E-state index contributed by atoms with van der Waals surface area (Å²) in [6.07, 6.45) is -6.17. The van der Waals surface area contributed by atoms with Gasteiger partial charge in [-0.3, -0.25) is 9.59 Å². The first-order valence-corrected chi connectivity index (χ1v) is 6.81. The Morgan fingerprint density at radius 2 is 1.73 bits per heavy atom. The van der Waals surface area contributed by atoms with Gasteiger partial charge in [0.1, 0.15) is 11.7 Å². The van der Waals surface area contributed by atoms with E-state index in [0.717, 1.165) is 13.8 Å². The molecular weight excluding hydrogens is 298 g/mol. The number of hydrogen-bond acceptors (Lipinski definition) is 8. The molecule has 2 fully saturated rings. The number of aliphatic hydroxyl groups excluding tert-OH is 2. The number of esters is 1. The van der Waals surface area contributed by atoms with E-state index in [4.69, 9.17) is 9.47 Å². The lowest BCUT2D eigenvalue weighted by Gasteiger charge is -2.68. The highest BCUT2D eigenvalue weighted by Crippen LogP contribution is 2.58. The van der Waals surface area contributed by atoms with E-state index in [1.807, 2.05) is 5.32 Å². The number of amides is 1. The second-order valence-corrected chi connectivity index (χ2v) is 6.40. The Morgan fingerprint density at radius 1 is 1.18 bits per heavy atom. The van der Waals surface area contributed by atoms with Gasteiger partial charge in [0.15, 0.2) is 6.10 Å². The fraction of sp³-hybridized carbons (Fsp3) is 0.846. The molecule has 0 aromatic heterocycles. The fourth-order valence-electron chi connectivity index (χ4n) is 3.25. The van der Waals surface area contributed by atoms with Gasteiger partial charge in [-0.05, 0) is 0 Å². The zero-order valence-electron chi connectivity index (χ0n) is 12.7. The van der Waals surface area contributed by atoms with Gasteiger partial charge >= 0.3 is 5.97 Å². The molecule has 22 heavy (non-hydrogen) atoms. The molecule has 126 valence electrons. The van der Waals surface area contributed by atoms with Crippen molar-refractivity contribution in [3.63, 3.8) is 0 Å². The average molecular weight is 319 g/mol. The maximum atomic E-state index is 11.4. The first-order chi connectivity index (χ1) is 9.89. The molecule has 0 aromatic rings. The molecule has 1 saturated carbocycles. The van der Waals surface area contributed by atoms with E-state index in [0.29, 0.717) is 0 Å². The maximum Gasteiger partial charge on any atom is 0.303 e. The standard InChI is InChI=1S/C13H21NO8/c1-5(15)14-13(20)9(21-6(2)16)12(19)8(22-10(13)18)7(17)11(12,3)4/h7-10,17-20H,1-4H3,(H,14,15)/t7?,8-,9+,10?,12-,13-/m1/s1. The van der Waals surface area contributed by atoms with Crippen LogP contribution in [0.1, 0.15) is 27.7 Å². The third-order valence-corrected chi connectivity index (χ3v) is 4.60. The SMILES string of the molecule is CC(=O)N[C@]1(O)C(O)O[C@@H]2C(O)C(C)(C)[C@]2(O)[C@@H]1OC(C)=O. The van der Waals surface area contributed by atoms with E-state index >= 15 is 0 Å². The van der Waals surface area contributed by atoms with Gasteiger partial charge in [-0.25, -0.2) is 0 Å². The lowest BCUT2D eigenvalue weighted by Crippen LogP contribution is -2.90. The fourth-order valence-corrected chi connectivity index (χ4v) is 3.25. The molecule has 1 amide bonds. The first-order valence-electron chi connectivity index (χ1n) is 6.81. The van der Waals surface area contributed by atoms with E-state index < -0.39 is 53.2 Å². The van der Waals surface area contributed by atoms with Crippen LogP contribution < -0.4 is 5.32 Å². The minimum Gasteiger partial charge on any atom is -0.454 e. The summed E-state index contributed by atoms with van der Waals surface area (Å²) in [7, 11) is 0. The van der Waals surface area contributed by atoms with Crippen LogP contribution >= 0.6 is 0 Å².